The molecule has 0 unspecified atom stereocenters. The van der Waals surface area contributed by atoms with Gasteiger partial charge in [0.1, 0.15) is 11.3 Å². The molecule has 1 aromatic carbocycles. The van der Waals surface area contributed by atoms with Gasteiger partial charge < -0.3 is 14.8 Å². The van der Waals surface area contributed by atoms with E-state index in [9.17, 15) is 14.9 Å². The number of hydrogen-bond donors (Lipinski definition) is 1. The van der Waals surface area contributed by atoms with Gasteiger partial charge in [-0.3, -0.25) is 4.79 Å². The molecule has 1 atom stereocenters. The Labute approximate surface area is 155 Å². The number of esters is 1. The second-order valence-electron chi connectivity index (χ2n) is 6.12. The van der Waals surface area contributed by atoms with Gasteiger partial charge in [-0.1, -0.05) is 35.2 Å². The number of amides is 1. The van der Waals surface area contributed by atoms with Crippen molar-refractivity contribution in [3.05, 3.63) is 28.7 Å². The number of benzene rings is 1. The number of ether oxygens (including phenoxy) is 2. The standard InChI is InChI=1S/C18H21BrN2O4/c1-13(17(23)21-18(12-20)9-3-2-4-10-18)25-16(22)11-24-15-7-5-14(19)6-8-15/h5-8,13H,2-4,9-11H2,1H3,(H,21,23)/t13-/m0/s1. The Hall–Kier alpha value is -2.07. The van der Waals surface area contributed by atoms with Crippen LogP contribution < -0.4 is 10.1 Å². The van der Waals surface area contributed by atoms with Crippen LogP contribution in [0.4, 0.5) is 0 Å². The van der Waals surface area contributed by atoms with Gasteiger partial charge in [-0.15, -0.1) is 0 Å². The summed E-state index contributed by atoms with van der Waals surface area (Å²) >= 11 is 3.31. The highest BCUT2D eigenvalue weighted by molar-refractivity contribution is 9.10. The molecule has 0 aromatic heterocycles. The fraction of sp³-hybridized carbons (Fsp3) is 0.500. The average molecular weight is 409 g/mol. The summed E-state index contributed by atoms with van der Waals surface area (Å²) in [6.45, 7) is 1.20. The van der Waals surface area contributed by atoms with Crippen molar-refractivity contribution in [1.29, 1.82) is 5.26 Å². The molecule has 1 N–H and O–H groups in total. The second kappa shape index (κ2) is 8.86. The summed E-state index contributed by atoms with van der Waals surface area (Å²) in [5.41, 5.74) is -0.843. The average Bonchev–Trinajstić information content (AvgIpc) is 2.62. The number of halogens is 1. The lowest BCUT2D eigenvalue weighted by Gasteiger charge is -2.32. The number of nitrogens with zero attached hydrogens (tertiary/aromatic N) is 1. The van der Waals surface area contributed by atoms with Crippen molar-refractivity contribution in [2.75, 3.05) is 6.61 Å². The zero-order valence-electron chi connectivity index (χ0n) is 14.1. The summed E-state index contributed by atoms with van der Waals surface area (Å²) in [5.74, 6) is -0.566. The van der Waals surface area contributed by atoms with E-state index >= 15 is 0 Å². The van der Waals surface area contributed by atoms with E-state index in [4.69, 9.17) is 9.47 Å². The summed E-state index contributed by atoms with van der Waals surface area (Å²) in [6.07, 6.45) is 3.15. The third-order valence-electron chi connectivity index (χ3n) is 4.13. The van der Waals surface area contributed by atoms with Gasteiger partial charge >= 0.3 is 5.97 Å². The van der Waals surface area contributed by atoms with Gasteiger partial charge in [0, 0.05) is 4.47 Å². The van der Waals surface area contributed by atoms with E-state index in [1.807, 2.05) is 0 Å². The first kappa shape index (κ1) is 19.3. The van der Waals surface area contributed by atoms with Gasteiger partial charge in [-0.25, -0.2) is 4.79 Å². The topological polar surface area (TPSA) is 88.4 Å². The maximum atomic E-state index is 12.2. The normalized spacial score (nSPS) is 17.0. The third kappa shape index (κ3) is 5.75. The number of carbonyl (C=O) groups is 2. The van der Waals surface area contributed by atoms with Crippen LogP contribution in [0.1, 0.15) is 39.0 Å². The molecule has 7 heteroatoms. The van der Waals surface area contributed by atoms with Crippen LogP contribution >= 0.6 is 15.9 Å². The molecule has 25 heavy (non-hydrogen) atoms. The Kier molecular flexibility index (Phi) is 6.82. The summed E-state index contributed by atoms with van der Waals surface area (Å²) in [7, 11) is 0. The second-order valence-corrected chi connectivity index (χ2v) is 7.03. The Morgan fingerprint density at radius 3 is 2.52 bits per heavy atom. The molecule has 0 bridgehead atoms. The number of carbonyl (C=O) groups excluding carboxylic acids is 2. The van der Waals surface area contributed by atoms with Gasteiger partial charge in [-0.05, 0) is 44.0 Å². The Morgan fingerprint density at radius 2 is 1.92 bits per heavy atom. The molecule has 1 aliphatic rings. The van der Waals surface area contributed by atoms with Crippen LogP contribution in [-0.4, -0.2) is 30.1 Å². The van der Waals surface area contributed by atoms with Crippen molar-refractivity contribution in [3.8, 4) is 11.8 Å². The molecular formula is C18H21BrN2O4. The van der Waals surface area contributed by atoms with Crippen molar-refractivity contribution in [2.24, 2.45) is 0 Å². The number of nitrogens with one attached hydrogen (secondary N) is 1. The highest BCUT2D eigenvalue weighted by atomic mass is 79.9. The molecule has 1 saturated carbocycles. The highest BCUT2D eigenvalue weighted by Crippen LogP contribution is 2.27. The van der Waals surface area contributed by atoms with Crippen molar-refractivity contribution in [3.63, 3.8) is 0 Å². The van der Waals surface area contributed by atoms with Crippen molar-refractivity contribution in [1.82, 2.24) is 5.32 Å². The zero-order chi connectivity index (χ0) is 18.3. The Morgan fingerprint density at radius 1 is 1.28 bits per heavy atom. The maximum absolute atomic E-state index is 12.2. The van der Waals surface area contributed by atoms with Crippen LogP contribution in [0.2, 0.25) is 0 Å². The van der Waals surface area contributed by atoms with E-state index in [0.717, 1.165) is 23.7 Å². The maximum Gasteiger partial charge on any atom is 0.344 e. The Balaban J connectivity index is 1.80. The molecule has 134 valence electrons. The largest absolute Gasteiger partial charge is 0.482 e. The minimum absolute atomic E-state index is 0.289. The monoisotopic (exact) mass is 408 g/mol. The molecule has 1 amide bonds. The minimum Gasteiger partial charge on any atom is -0.482 e. The van der Waals surface area contributed by atoms with Gasteiger partial charge in [0.25, 0.3) is 5.91 Å². The molecule has 1 fully saturated rings. The van der Waals surface area contributed by atoms with Crippen LogP contribution in [0.25, 0.3) is 0 Å². The lowest BCUT2D eigenvalue weighted by Crippen LogP contribution is -2.52. The van der Waals surface area contributed by atoms with Crippen LogP contribution in [0.3, 0.4) is 0 Å². The predicted octanol–water partition coefficient (Wildman–Crippen LogP) is 3.10. The Bertz CT molecular complexity index is 648. The molecule has 2 rings (SSSR count). The van der Waals surface area contributed by atoms with Gasteiger partial charge in [0.15, 0.2) is 12.7 Å². The molecule has 0 saturated heterocycles. The van der Waals surface area contributed by atoms with Crippen LogP contribution in [0, 0.1) is 11.3 Å². The first-order valence-corrected chi connectivity index (χ1v) is 9.04. The number of hydrogen-bond acceptors (Lipinski definition) is 5. The lowest BCUT2D eigenvalue weighted by molar-refractivity contribution is -0.157. The minimum atomic E-state index is -0.979. The molecule has 0 aliphatic heterocycles. The predicted molar refractivity (Wildman–Crippen MR) is 94.8 cm³/mol. The van der Waals surface area contributed by atoms with Crippen molar-refractivity contribution >= 4 is 27.8 Å². The summed E-state index contributed by atoms with van der Waals surface area (Å²) in [5, 5.41) is 12.1. The number of nitriles is 1. The van der Waals surface area contributed by atoms with E-state index in [1.165, 1.54) is 6.92 Å². The van der Waals surface area contributed by atoms with Crippen molar-refractivity contribution in [2.45, 2.75) is 50.7 Å². The first-order valence-electron chi connectivity index (χ1n) is 8.25. The molecule has 1 aliphatic carbocycles. The number of rotatable bonds is 6. The molecule has 1 aromatic rings. The van der Waals surface area contributed by atoms with Crippen LogP contribution in [0.15, 0.2) is 28.7 Å². The van der Waals surface area contributed by atoms with E-state index in [1.54, 1.807) is 24.3 Å². The summed E-state index contributed by atoms with van der Waals surface area (Å²) < 4.78 is 11.3. The van der Waals surface area contributed by atoms with Crippen LogP contribution in [0.5, 0.6) is 5.75 Å². The molecule has 0 spiro atoms. The van der Waals surface area contributed by atoms with Gasteiger partial charge in [0.05, 0.1) is 6.07 Å². The summed E-state index contributed by atoms with van der Waals surface area (Å²) in [4.78, 5) is 24.1. The third-order valence-corrected chi connectivity index (χ3v) is 4.66. The quantitative estimate of drug-likeness (QED) is 0.730. The zero-order valence-corrected chi connectivity index (χ0v) is 15.7. The molecule has 0 heterocycles. The molecule has 6 nitrogen and oxygen atoms in total. The molecular weight excluding hydrogens is 388 g/mol. The van der Waals surface area contributed by atoms with Crippen molar-refractivity contribution < 1.29 is 19.1 Å². The van der Waals surface area contributed by atoms with E-state index in [-0.39, 0.29) is 6.61 Å². The fourth-order valence-electron chi connectivity index (χ4n) is 2.72. The van der Waals surface area contributed by atoms with Crippen LogP contribution in [-0.2, 0) is 14.3 Å². The molecule has 0 radical (unpaired) electrons. The van der Waals surface area contributed by atoms with E-state index in [0.29, 0.717) is 18.6 Å². The van der Waals surface area contributed by atoms with E-state index in [2.05, 4.69) is 27.3 Å². The lowest BCUT2D eigenvalue weighted by atomic mass is 9.83. The van der Waals surface area contributed by atoms with E-state index < -0.39 is 23.5 Å². The smallest absolute Gasteiger partial charge is 0.344 e. The van der Waals surface area contributed by atoms with Gasteiger partial charge in [-0.2, -0.15) is 5.26 Å². The summed E-state index contributed by atoms with van der Waals surface area (Å²) in [6, 6.07) is 9.23. The fourth-order valence-corrected chi connectivity index (χ4v) is 2.98. The van der Waals surface area contributed by atoms with Gasteiger partial charge in [0.2, 0.25) is 0 Å². The highest BCUT2D eigenvalue weighted by Gasteiger charge is 2.35. The SMILES string of the molecule is C[C@H](OC(=O)COc1ccc(Br)cc1)C(=O)NC1(C#N)CCCCC1. The first-order chi connectivity index (χ1) is 11.9.